The minimum absolute atomic E-state index is 0.0588. The minimum Gasteiger partial charge on any atom is -0.359 e. The number of hydrogen-bond donors (Lipinski definition) is 0. The Hall–Kier alpha value is -2.18. The Kier molecular flexibility index (Phi) is 7.45. The van der Waals surface area contributed by atoms with Gasteiger partial charge in [0.05, 0.1) is 11.5 Å². The molecule has 0 saturated carbocycles. The van der Waals surface area contributed by atoms with E-state index in [2.05, 4.69) is 6.92 Å². The molecule has 6 heteroatoms. The molecule has 2 aromatic carbocycles. The van der Waals surface area contributed by atoms with Crippen LogP contribution in [0.1, 0.15) is 43.4 Å². The summed E-state index contributed by atoms with van der Waals surface area (Å²) < 4.78 is 29.9. The SMILES string of the molecule is CCCCN(C(=O)COC(c1ccccc1)c1ccccc1)C1CCS(=O)(=O)C1. The van der Waals surface area contributed by atoms with Gasteiger partial charge in [-0.3, -0.25) is 4.79 Å². The Morgan fingerprint density at radius 3 is 2.14 bits per heavy atom. The molecule has 1 aliphatic heterocycles. The Bertz CT molecular complexity index is 844. The molecule has 1 fully saturated rings. The van der Waals surface area contributed by atoms with Gasteiger partial charge in [0.1, 0.15) is 12.7 Å². The number of nitrogens with zero attached hydrogens (tertiary/aromatic N) is 1. The van der Waals surface area contributed by atoms with Gasteiger partial charge in [-0.25, -0.2) is 8.42 Å². The normalized spacial score (nSPS) is 18.1. The van der Waals surface area contributed by atoms with Gasteiger partial charge in [0, 0.05) is 12.6 Å². The highest BCUT2D eigenvalue weighted by molar-refractivity contribution is 7.91. The first-order valence-electron chi connectivity index (χ1n) is 10.2. The van der Waals surface area contributed by atoms with Crippen molar-refractivity contribution in [3.63, 3.8) is 0 Å². The summed E-state index contributed by atoms with van der Waals surface area (Å²) in [6, 6.07) is 19.4. The summed E-state index contributed by atoms with van der Waals surface area (Å²) in [6.45, 7) is 2.56. The van der Waals surface area contributed by atoms with Crippen molar-refractivity contribution < 1.29 is 17.9 Å². The topological polar surface area (TPSA) is 63.7 Å². The molecule has 5 nitrogen and oxygen atoms in total. The van der Waals surface area contributed by atoms with E-state index in [4.69, 9.17) is 4.74 Å². The maximum atomic E-state index is 13.0. The summed E-state index contributed by atoms with van der Waals surface area (Å²) in [5, 5.41) is 0. The molecule has 0 radical (unpaired) electrons. The van der Waals surface area contributed by atoms with Crippen LogP contribution in [0.4, 0.5) is 0 Å². The van der Waals surface area contributed by atoms with Crippen LogP contribution in [0, 0.1) is 0 Å². The molecule has 0 bridgehead atoms. The molecule has 0 aromatic heterocycles. The number of carbonyl (C=O) groups is 1. The average molecular weight is 416 g/mol. The zero-order chi connectivity index (χ0) is 20.7. The third-order valence-corrected chi connectivity index (χ3v) is 7.05. The number of unbranched alkanes of at least 4 members (excludes halogenated alkanes) is 1. The lowest BCUT2D eigenvalue weighted by Gasteiger charge is -2.29. The Balaban J connectivity index is 1.73. The molecule has 0 N–H and O–H groups in total. The molecule has 1 saturated heterocycles. The molecular formula is C23H29NO4S. The second-order valence-electron chi connectivity index (χ2n) is 7.51. The largest absolute Gasteiger partial charge is 0.359 e. The van der Waals surface area contributed by atoms with E-state index in [-0.39, 0.29) is 36.2 Å². The number of ether oxygens (including phenoxy) is 1. The lowest BCUT2D eigenvalue weighted by Crippen LogP contribution is -2.43. The van der Waals surface area contributed by atoms with Gasteiger partial charge in [-0.05, 0) is 24.0 Å². The van der Waals surface area contributed by atoms with Crippen LogP contribution in [0.25, 0.3) is 0 Å². The van der Waals surface area contributed by atoms with Crippen LogP contribution in [0.15, 0.2) is 60.7 Å². The van der Waals surface area contributed by atoms with E-state index in [1.807, 2.05) is 60.7 Å². The zero-order valence-corrected chi connectivity index (χ0v) is 17.7. The Labute approximate surface area is 173 Å². The smallest absolute Gasteiger partial charge is 0.248 e. The van der Waals surface area contributed by atoms with E-state index in [1.165, 1.54) is 0 Å². The van der Waals surface area contributed by atoms with Gasteiger partial charge in [0.2, 0.25) is 5.91 Å². The van der Waals surface area contributed by atoms with Crippen LogP contribution in [-0.2, 0) is 19.4 Å². The number of rotatable bonds is 9. The average Bonchev–Trinajstić information content (AvgIpc) is 3.09. The number of sulfone groups is 1. The van der Waals surface area contributed by atoms with Gasteiger partial charge >= 0.3 is 0 Å². The molecule has 2 aromatic rings. The molecule has 0 spiro atoms. The predicted octanol–water partition coefficient (Wildman–Crippen LogP) is 3.61. The second kappa shape index (κ2) is 10.0. The highest BCUT2D eigenvalue weighted by atomic mass is 32.2. The van der Waals surface area contributed by atoms with E-state index < -0.39 is 9.84 Å². The fourth-order valence-corrected chi connectivity index (χ4v) is 5.47. The number of benzene rings is 2. The summed E-state index contributed by atoms with van der Waals surface area (Å²) >= 11 is 0. The minimum atomic E-state index is -3.05. The van der Waals surface area contributed by atoms with Crippen LogP contribution in [0.3, 0.4) is 0 Å². The molecule has 29 heavy (non-hydrogen) atoms. The van der Waals surface area contributed by atoms with Crippen molar-refractivity contribution in [3.8, 4) is 0 Å². The lowest BCUT2D eigenvalue weighted by molar-refractivity contribution is -0.139. The maximum Gasteiger partial charge on any atom is 0.248 e. The lowest BCUT2D eigenvalue weighted by atomic mass is 10.0. The number of hydrogen-bond acceptors (Lipinski definition) is 4. The summed E-state index contributed by atoms with van der Waals surface area (Å²) in [5.41, 5.74) is 1.96. The van der Waals surface area contributed by atoms with Gasteiger partial charge in [0.25, 0.3) is 0 Å². The third kappa shape index (κ3) is 5.90. The number of carbonyl (C=O) groups excluding carboxylic acids is 1. The monoisotopic (exact) mass is 415 g/mol. The van der Waals surface area contributed by atoms with Crippen LogP contribution >= 0.6 is 0 Å². The Morgan fingerprint density at radius 1 is 1.07 bits per heavy atom. The molecule has 1 heterocycles. The summed E-state index contributed by atoms with van der Waals surface area (Å²) in [7, 11) is -3.05. The molecule has 1 aliphatic rings. The summed E-state index contributed by atoms with van der Waals surface area (Å²) in [5.74, 6) is 0.0753. The highest BCUT2D eigenvalue weighted by Gasteiger charge is 2.34. The van der Waals surface area contributed by atoms with Crippen molar-refractivity contribution in [1.29, 1.82) is 0 Å². The molecule has 3 rings (SSSR count). The molecule has 1 amide bonds. The van der Waals surface area contributed by atoms with Crippen molar-refractivity contribution in [2.24, 2.45) is 0 Å². The highest BCUT2D eigenvalue weighted by Crippen LogP contribution is 2.26. The summed E-state index contributed by atoms with van der Waals surface area (Å²) in [6.07, 6.45) is 1.96. The number of amides is 1. The quantitative estimate of drug-likeness (QED) is 0.628. The van der Waals surface area contributed by atoms with Crippen LogP contribution in [-0.4, -0.2) is 49.9 Å². The van der Waals surface area contributed by atoms with Crippen molar-refractivity contribution in [3.05, 3.63) is 71.8 Å². The van der Waals surface area contributed by atoms with E-state index in [0.717, 1.165) is 24.0 Å². The van der Waals surface area contributed by atoms with Crippen LogP contribution in [0.5, 0.6) is 0 Å². The van der Waals surface area contributed by atoms with E-state index >= 15 is 0 Å². The Morgan fingerprint density at radius 2 is 1.66 bits per heavy atom. The van der Waals surface area contributed by atoms with Gasteiger partial charge in [-0.2, -0.15) is 0 Å². The first kappa shape index (κ1) is 21.5. The van der Waals surface area contributed by atoms with Crippen molar-refractivity contribution in [2.75, 3.05) is 24.7 Å². The zero-order valence-electron chi connectivity index (χ0n) is 16.9. The van der Waals surface area contributed by atoms with Gasteiger partial charge in [-0.15, -0.1) is 0 Å². The fraction of sp³-hybridized carbons (Fsp3) is 0.435. The van der Waals surface area contributed by atoms with Crippen molar-refractivity contribution in [2.45, 2.75) is 38.3 Å². The van der Waals surface area contributed by atoms with Crippen molar-refractivity contribution >= 4 is 15.7 Å². The molecular weight excluding hydrogens is 386 g/mol. The van der Waals surface area contributed by atoms with Gasteiger partial charge in [-0.1, -0.05) is 74.0 Å². The first-order chi connectivity index (χ1) is 14.0. The van der Waals surface area contributed by atoms with E-state index in [0.29, 0.717) is 13.0 Å². The van der Waals surface area contributed by atoms with Crippen LogP contribution < -0.4 is 0 Å². The molecule has 1 atom stereocenters. The predicted molar refractivity (Wildman–Crippen MR) is 114 cm³/mol. The van der Waals surface area contributed by atoms with Crippen LogP contribution in [0.2, 0.25) is 0 Å². The standard InChI is InChI=1S/C23H29NO4S/c1-2-3-15-24(21-14-16-29(26,27)18-21)22(25)17-28-23(19-10-6-4-7-11-19)20-12-8-5-9-13-20/h4-13,21,23H,2-3,14-18H2,1H3. The second-order valence-corrected chi connectivity index (χ2v) is 9.74. The maximum absolute atomic E-state index is 13.0. The van der Waals surface area contributed by atoms with Gasteiger partial charge < -0.3 is 9.64 Å². The fourth-order valence-electron chi connectivity index (χ4n) is 3.74. The molecule has 156 valence electrons. The summed E-state index contributed by atoms with van der Waals surface area (Å²) in [4.78, 5) is 14.7. The first-order valence-corrected chi connectivity index (χ1v) is 12.0. The van der Waals surface area contributed by atoms with E-state index in [9.17, 15) is 13.2 Å². The van der Waals surface area contributed by atoms with E-state index in [1.54, 1.807) is 4.90 Å². The van der Waals surface area contributed by atoms with Crippen molar-refractivity contribution in [1.82, 2.24) is 4.90 Å². The van der Waals surface area contributed by atoms with Gasteiger partial charge in [0.15, 0.2) is 9.84 Å². The molecule has 1 unspecified atom stereocenters. The third-order valence-electron chi connectivity index (χ3n) is 5.30. The molecule has 0 aliphatic carbocycles.